The van der Waals surface area contributed by atoms with Crippen LogP contribution in [0.3, 0.4) is 0 Å². The minimum atomic E-state index is -0.216. The van der Waals surface area contributed by atoms with Gasteiger partial charge in [-0.1, -0.05) is 24.3 Å². The molecule has 6 heteroatoms. The van der Waals surface area contributed by atoms with Crippen LogP contribution in [0.25, 0.3) is 21.9 Å². The number of aromatic nitrogens is 3. The van der Waals surface area contributed by atoms with Gasteiger partial charge in [-0.2, -0.15) is 0 Å². The Morgan fingerprint density at radius 1 is 0.962 bits per heavy atom. The molecule has 0 amide bonds. The van der Waals surface area contributed by atoms with E-state index in [4.69, 9.17) is 4.74 Å². The van der Waals surface area contributed by atoms with Gasteiger partial charge in [-0.3, -0.25) is 0 Å². The van der Waals surface area contributed by atoms with Crippen molar-refractivity contribution in [3.05, 3.63) is 64.7 Å². The van der Waals surface area contributed by atoms with Crippen LogP contribution in [-0.2, 0) is 6.42 Å². The van der Waals surface area contributed by atoms with Crippen molar-refractivity contribution < 1.29 is 4.74 Å². The van der Waals surface area contributed by atoms with Crippen LogP contribution in [0, 0.1) is 0 Å². The molecule has 0 atom stereocenters. The molecule has 6 nitrogen and oxygen atoms in total. The molecule has 4 rings (SSSR count). The zero-order chi connectivity index (χ0) is 17.8. The van der Waals surface area contributed by atoms with E-state index in [0.717, 1.165) is 37.0 Å². The number of fused-ring (bicyclic) bond motifs is 2. The van der Waals surface area contributed by atoms with Gasteiger partial charge in [0.25, 0.3) is 0 Å². The number of rotatable bonds is 8. The maximum absolute atomic E-state index is 11.4. The number of H-pyrrole nitrogens is 3. The number of ether oxygens (including phenoxy) is 1. The minimum absolute atomic E-state index is 0.216. The van der Waals surface area contributed by atoms with Gasteiger partial charge < -0.3 is 25.0 Å². The van der Waals surface area contributed by atoms with Crippen molar-refractivity contribution in [2.75, 3.05) is 19.7 Å². The summed E-state index contributed by atoms with van der Waals surface area (Å²) in [6.07, 6.45) is 4.22. The van der Waals surface area contributed by atoms with Crippen LogP contribution in [-0.4, -0.2) is 34.6 Å². The molecule has 0 unspecified atom stereocenters. The van der Waals surface area contributed by atoms with Gasteiger partial charge in [0, 0.05) is 23.6 Å². The topological polar surface area (TPSA) is 85.7 Å². The predicted molar refractivity (Wildman–Crippen MR) is 104 cm³/mol. The van der Waals surface area contributed by atoms with E-state index in [1.165, 1.54) is 16.5 Å². The Balaban J connectivity index is 1.20. The zero-order valence-electron chi connectivity index (χ0n) is 14.5. The largest absolute Gasteiger partial charge is 0.490 e. The normalized spacial score (nSPS) is 11.4. The van der Waals surface area contributed by atoms with E-state index in [9.17, 15) is 4.79 Å². The van der Waals surface area contributed by atoms with Gasteiger partial charge in [0.15, 0.2) is 0 Å². The number of hydrogen-bond acceptors (Lipinski definition) is 3. The number of hydrogen-bond donors (Lipinski definition) is 4. The monoisotopic (exact) mass is 350 g/mol. The highest BCUT2D eigenvalue weighted by Gasteiger charge is 2.05. The van der Waals surface area contributed by atoms with E-state index >= 15 is 0 Å². The summed E-state index contributed by atoms with van der Waals surface area (Å²) in [4.78, 5) is 20.2. The molecule has 0 fully saturated rings. The van der Waals surface area contributed by atoms with Crippen molar-refractivity contribution >= 4 is 21.9 Å². The first-order valence-electron chi connectivity index (χ1n) is 8.91. The van der Waals surface area contributed by atoms with Crippen LogP contribution >= 0.6 is 0 Å². The van der Waals surface area contributed by atoms with E-state index in [1.54, 1.807) is 0 Å². The fourth-order valence-corrected chi connectivity index (χ4v) is 3.25. The Labute approximate surface area is 150 Å². The molecule has 2 heterocycles. The summed E-state index contributed by atoms with van der Waals surface area (Å²) in [7, 11) is 0. The van der Waals surface area contributed by atoms with Crippen LogP contribution in [0.2, 0.25) is 0 Å². The number of benzene rings is 2. The van der Waals surface area contributed by atoms with Gasteiger partial charge in [-0.25, -0.2) is 4.79 Å². The third-order valence-electron chi connectivity index (χ3n) is 4.52. The van der Waals surface area contributed by atoms with Crippen LogP contribution in [0.15, 0.2) is 53.5 Å². The lowest BCUT2D eigenvalue weighted by Gasteiger charge is -2.08. The number of para-hydroxylation sites is 2. The summed E-state index contributed by atoms with van der Waals surface area (Å²) in [5.41, 5.74) is 3.82. The lowest BCUT2D eigenvalue weighted by Crippen LogP contribution is -2.22. The number of aryl methyl sites for hydroxylation is 1. The number of aromatic amines is 3. The first-order chi connectivity index (χ1) is 12.8. The third-order valence-corrected chi connectivity index (χ3v) is 4.52. The molecular formula is C20H22N4O2. The van der Waals surface area contributed by atoms with E-state index in [2.05, 4.69) is 44.7 Å². The molecule has 0 aliphatic carbocycles. The minimum Gasteiger partial charge on any atom is -0.490 e. The first kappa shape index (κ1) is 16.5. The van der Waals surface area contributed by atoms with Crippen LogP contribution in [0.4, 0.5) is 0 Å². The average molecular weight is 350 g/mol. The number of imidazole rings is 1. The summed E-state index contributed by atoms with van der Waals surface area (Å²) < 4.78 is 5.79. The summed E-state index contributed by atoms with van der Waals surface area (Å²) in [6.45, 7) is 2.26. The van der Waals surface area contributed by atoms with Crippen LogP contribution < -0.4 is 15.7 Å². The quantitative estimate of drug-likeness (QED) is 0.369. The van der Waals surface area contributed by atoms with Gasteiger partial charge in [0.2, 0.25) is 0 Å². The molecule has 0 bridgehead atoms. The van der Waals surface area contributed by atoms with E-state index in [1.807, 2.05) is 24.3 Å². The Bertz CT molecular complexity index is 1060. The maximum Gasteiger partial charge on any atom is 0.323 e. The molecule has 0 aliphatic rings. The highest BCUT2D eigenvalue weighted by molar-refractivity contribution is 5.83. The average Bonchev–Trinajstić information content (AvgIpc) is 3.24. The molecule has 0 radical (unpaired) electrons. The summed E-state index contributed by atoms with van der Waals surface area (Å²) in [5.74, 6) is 0.696. The van der Waals surface area contributed by atoms with Gasteiger partial charge in [-0.05, 0) is 43.1 Å². The fraction of sp³-hybridized carbons (Fsp3) is 0.250. The Morgan fingerprint density at radius 3 is 2.81 bits per heavy atom. The molecule has 134 valence electrons. The second kappa shape index (κ2) is 7.49. The summed E-state index contributed by atoms with van der Waals surface area (Å²) in [5, 5.41) is 4.71. The molecular weight excluding hydrogens is 328 g/mol. The van der Waals surface area contributed by atoms with Crippen LogP contribution in [0.5, 0.6) is 5.75 Å². The van der Waals surface area contributed by atoms with Gasteiger partial charge in [0.1, 0.15) is 17.9 Å². The third kappa shape index (κ3) is 3.50. The SMILES string of the molecule is O=c1[nH]c2cccc(OCCNCCCc3c[nH]c4ccccc34)c2[nH]1. The fourth-order valence-electron chi connectivity index (χ4n) is 3.25. The lowest BCUT2D eigenvalue weighted by atomic mass is 10.1. The van der Waals surface area contributed by atoms with E-state index < -0.39 is 0 Å². The first-order valence-corrected chi connectivity index (χ1v) is 8.91. The predicted octanol–water partition coefficient (Wildman–Crippen LogP) is 2.94. The molecule has 0 aliphatic heterocycles. The molecule has 2 aromatic carbocycles. The van der Waals surface area contributed by atoms with Gasteiger partial charge in [0.05, 0.1) is 5.52 Å². The van der Waals surface area contributed by atoms with Gasteiger partial charge in [-0.15, -0.1) is 0 Å². The highest BCUT2D eigenvalue weighted by Crippen LogP contribution is 2.21. The molecule has 26 heavy (non-hydrogen) atoms. The Kier molecular flexibility index (Phi) is 4.75. The summed E-state index contributed by atoms with van der Waals surface area (Å²) in [6, 6.07) is 14.0. The van der Waals surface area contributed by atoms with E-state index in [-0.39, 0.29) is 5.69 Å². The van der Waals surface area contributed by atoms with Crippen LogP contribution in [0.1, 0.15) is 12.0 Å². The van der Waals surface area contributed by atoms with Crippen molar-refractivity contribution in [2.24, 2.45) is 0 Å². The lowest BCUT2D eigenvalue weighted by molar-refractivity contribution is 0.317. The van der Waals surface area contributed by atoms with Gasteiger partial charge >= 0.3 is 5.69 Å². The van der Waals surface area contributed by atoms with Crippen molar-refractivity contribution in [1.29, 1.82) is 0 Å². The van der Waals surface area contributed by atoms with Crippen molar-refractivity contribution in [3.8, 4) is 5.75 Å². The molecule has 2 aromatic heterocycles. The Hall–Kier alpha value is -2.99. The molecule has 0 spiro atoms. The standard InChI is InChI=1S/C20H22N4O2/c25-20-23-17-8-3-9-18(19(17)24-20)26-12-11-21-10-4-5-14-13-22-16-7-2-1-6-15(14)16/h1-3,6-9,13,21-22H,4-5,10-12H2,(H2,23,24,25). The van der Waals surface area contributed by atoms with Crippen molar-refractivity contribution in [3.63, 3.8) is 0 Å². The Morgan fingerprint density at radius 2 is 1.85 bits per heavy atom. The second-order valence-corrected chi connectivity index (χ2v) is 6.32. The molecule has 4 N–H and O–H groups in total. The van der Waals surface area contributed by atoms with Crippen molar-refractivity contribution in [1.82, 2.24) is 20.3 Å². The highest BCUT2D eigenvalue weighted by atomic mass is 16.5. The van der Waals surface area contributed by atoms with E-state index in [0.29, 0.717) is 12.4 Å². The molecule has 4 aromatic rings. The molecule has 0 saturated heterocycles. The second-order valence-electron chi connectivity index (χ2n) is 6.32. The summed E-state index contributed by atoms with van der Waals surface area (Å²) >= 11 is 0. The smallest absolute Gasteiger partial charge is 0.323 e. The zero-order valence-corrected chi connectivity index (χ0v) is 14.5. The number of nitrogens with one attached hydrogen (secondary N) is 4. The van der Waals surface area contributed by atoms with Crippen molar-refractivity contribution in [2.45, 2.75) is 12.8 Å². The molecule has 0 saturated carbocycles. The maximum atomic E-state index is 11.4.